The van der Waals surface area contributed by atoms with Crippen LogP contribution in [0.2, 0.25) is 0 Å². The third-order valence-corrected chi connectivity index (χ3v) is 16.4. The average Bonchev–Trinajstić information content (AvgIpc) is 1.66. The van der Waals surface area contributed by atoms with E-state index in [1.54, 1.807) is 43.4 Å². The monoisotopic (exact) mass is 1240 g/mol. The van der Waals surface area contributed by atoms with E-state index in [2.05, 4.69) is 36.8 Å². The molecule has 0 unspecified atom stereocenters. The van der Waals surface area contributed by atoms with Gasteiger partial charge in [-0.15, -0.1) is 0 Å². The van der Waals surface area contributed by atoms with Crippen LogP contribution in [-0.2, 0) is 82.6 Å². The van der Waals surface area contributed by atoms with Crippen molar-refractivity contribution in [1.82, 2.24) is 61.1 Å². The van der Waals surface area contributed by atoms with Gasteiger partial charge in [0.05, 0.1) is 42.0 Å². The Morgan fingerprint density at radius 3 is 2.10 bits per heavy atom. The van der Waals surface area contributed by atoms with Crippen LogP contribution < -0.4 is 54.7 Å². The summed E-state index contributed by atoms with van der Waals surface area (Å²) in [5.41, 5.74) is 18.1. The van der Waals surface area contributed by atoms with Gasteiger partial charge in [-0.3, -0.25) is 48.1 Å². The summed E-state index contributed by atoms with van der Waals surface area (Å²) in [6.07, 6.45) is 1.06. The number of nitrogens with zero attached hydrogens (tertiary/aromatic N) is 6. The molecule has 28 nitrogen and oxygen atoms in total. The van der Waals surface area contributed by atoms with E-state index in [0.29, 0.717) is 70.0 Å². The number of carbonyl (C=O) groups excluding carboxylic acids is 10. The summed E-state index contributed by atoms with van der Waals surface area (Å²) in [5, 5.41) is 17.2. The number of rotatable bonds is 35. The maximum atomic E-state index is 14.5. The lowest BCUT2D eigenvalue weighted by molar-refractivity contribution is -0.191. The zero-order valence-electron chi connectivity index (χ0n) is 52.5. The van der Waals surface area contributed by atoms with Crippen molar-refractivity contribution in [1.29, 1.82) is 0 Å². The third kappa shape index (κ3) is 18.4. The van der Waals surface area contributed by atoms with Crippen LogP contribution in [0.5, 0.6) is 0 Å². The first-order valence-corrected chi connectivity index (χ1v) is 30.8. The molecule has 1 aromatic carbocycles. The van der Waals surface area contributed by atoms with Crippen molar-refractivity contribution >= 4 is 70.1 Å². The number of primary amides is 1. The quantitative estimate of drug-likeness (QED) is 0.0229. The fraction of sp³-hybridized carbons (Fsp3) is 0.607. The second kappa shape index (κ2) is 33.1. The SMILES string of the molecule is CCc1c2c(nc3ccccc13)-c1cc3c(c(=O)n1C2)COC(=O)[C@@]3(CC)OC(=O)[C@@H](NC(=O)[C@@H]1CCCN1C(=O)[C@H](CC(N)=O)NC(=O)CN(C)CCN(C)CCN(C)CCNC(=O)CCCC(=O)N[C@@H](CCC(=O)NCCN)C(=O)NCCN)C(C)C. The number of fused-ring (bicyclic) bond motifs is 5. The number of nitrogens with one attached hydrogen (secondary N) is 6. The summed E-state index contributed by atoms with van der Waals surface area (Å²) in [6.45, 7) is 11.2. The largest absolute Gasteiger partial charge is 0.457 e. The van der Waals surface area contributed by atoms with Gasteiger partial charge in [-0.2, -0.15) is 0 Å². The lowest BCUT2D eigenvalue weighted by Crippen LogP contribution is -2.58. The first-order chi connectivity index (χ1) is 42.5. The lowest BCUT2D eigenvalue weighted by atomic mass is 9.85. The summed E-state index contributed by atoms with van der Waals surface area (Å²) in [4.78, 5) is 159. The maximum Gasteiger partial charge on any atom is 0.355 e. The molecule has 89 heavy (non-hydrogen) atoms. The minimum atomic E-state index is -2.06. The molecule has 3 aromatic rings. The van der Waals surface area contributed by atoms with Crippen LogP contribution >= 0.6 is 0 Å². The van der Waals surface area contributed by atoms with Crippen molar-refractivity contribution in [2.24, 2.45) is 23.1 Å². The topological polar surface area (TPSA) is 387 Å². The van der Waals surface area contributed by atoms with E-state index in [4.69, 9.17) is 31.7 Å². The number of para-hydroxylation sites is 1. The van der Waals surface area contributed by atoms with Crippen molar-refractivity contribution in [2.45, 2.75) is 135 Å². The number of nitrogens with two attached hydrogens (primary N) is 3. The molecule has 5 heterocycles. The molecule has 6 rings (SSSR count). The van der Waals surface area contributed by atoms with Gasteiger partial charge in [0.1, 0.15) is 30.8 Å². The Hall–Kier alpha value is -7.92. The number of esters is 2. The Morgan fingerprint density at radius 2 is 1.43 bits per heavy atom. The predicted octanol–water partition coefficient (Wildman–Crippen LogP) is -1.82. The minimum Gasteiger partial charge on any atom is -0.457 e. The molecule has 8 amide bonds. The number of hydrogen-bond acceptors (Lipinski definition) is 19. The number of carbonyl (C=O) groups is 10. The average molecular weight is 1240 g/mol. The predicted molar refractivity (Wildman–Crippen MR) is 330 cm³/mol. The zero-order valence-corrected chi connectivity index (χ0v) is 52.5. The van der Waals surface area contributed by atoms with Gasteiger partial charge in [0.2, 0.25) is 52.9 Å². The highest BCUT2D eigenvalue weighted by Crippen LogP contribution is 2.42. The lowest BCUT2D eigenvalue weighted by Gasteiger charge is -2.37. The minimum absolute atomic E-state index is 0.00356. The first kappa shape index (κ1) is 70.2. The van der Waals surface area contributed by atoms with E-state index >= 15 is 0 Å². The van der Waals surface area contributed by atoms with Crippen LogP contribution in [0, 0.1) is 5.92 Å². The van der Waals surface area contributed by atoms with Gasteiger partial charge < -0.3 is 77.8 Å². The van der Waals surface area contributed by atoms with Gasteiger partial charge in [0.15, 0.2) is 0 Å². The number of amides is 8. The van der Waals surface area contributed by atoms with Gasteiger partial charge >= 0.3 is 11.9 Å². The van der Waals surface area contributed by atoms with Crippen molar-refractivity contribution in [3.05, 3.63) is 62.9 Å². The Kier molecular flexibility index (Phi) is 26.1. The van der Waals surface area contributed by atoms with Crippen molar-refractivity contribution in [3.63, 3.8) is 0 Å². The van der Waals surface area contributed by atoms with Crippen LogP contribution in [0.15, 0.2) is 35.1 Å². The normalized spacial score (nSPS) is 16.9. The number of ether oxygens (including phenoxy) is 2. The molecule has 5 atom stereocenters. The number of hydrogen-bond donors (Lipinski definition) is 9. The first-order valence-electron chi connectivity index (χ1n) is 30.8. The van der Waals surface area contributed by atoms with Gasteiger partial charge in [-0.05, 0) is 83.3 Å². The van der Waals surface area contributed by atoms with Gasteiger partial charge in [0.25, 0.3) is 5.56 Å². The molecule has 3 aliphatic rings. The molecular weight excluding hydrogens is 1150 g/mol. The molecule has 28 heteroatoms. The van der Waals surface area contributed by atoms with Crippen LogP contribution in [0.3, 0.4) is 0 Å². The van der Waals surface area contributed by atoms with E-state index in [-0.39, 0.29) is 114 Å². The van der Waals surface area contributed by atoms with E-state index in [0.717, 1.165) is 22.0 Å². The number of pyridine rings is 2. The van der Waals surface area contributed by atoms with Crippen molar-refractivity contribution in [2.75, 3.05) is 99.7 Å². The fourth-order valence-corrected chi connectivity index (χ4v) is 11.3. The Labute approximate surface area is 518 Å². The third-order valence-electron chi connectivity index (χ3n) is 16.4. The van der Waals surface area contributed by atoms with Gasteiger partial charge in [-0.25, -0.2) is 14.6 Å². The summed E-state index contributed by atoms with van der Waals surface area (Å²) in [6, 6.07) is 4.63. The molecule has 0 aliphatic carbocycles. The molecule has 0 radical (unpaired) electrons. The van der Waals surface area contributed by atoms with Gasteiger partial charge in [0, 0.05) is 108 Å². The summed E-state index contributed by atoms with van der Waals surface area (Å²) in [5.74, 6) is -6.66. The number of cyclic esters (lactones) is 1. The molecule has 0 saturated carbocycles. The molecule has 0 bridgehead atoms. The van der Waals surface area contributed by atoms with E-state index in [9.17, 15) is 52.7 Å². The van der Waals surface area contributed by atoms with Crippen LogP contribution in [-0.4, -0.2) is 212 Å². The Balaban J connectivity index is 0.955. The Morgan fingerprint density at radius 1 is 0.787 bits per heavy atom. The number of aromatic nitrogens is 2. The molecule has 1 saturated heterocycles. The molecule has 488 valence electrons. The Bertz CT molecular complexity index is 3140. The van der Waals surface area contributed by atoms with E-state index in [1.807, 2.05) is 50.2 Å². The molecule has 0 spiro atoms. The summed E-state index contributed by atoms with van der Waals surface area (Å²) in [7, 11) is 5.57. The van der Waals surface area contributed by atoms with Crippen LogP contribution in [0.1, 0.15) is 108 Å². The highest BCUT2D eigenvalue weighted by Gasteiger charge is 2.52. The molecule has 2 aromatic heterocycles. The second-order valence-electron chi connectivity index (χ2n) is 23.4. The molecule has 3 aliphatic heterocycles. The van der Waals surface area contributed by atoms with E-state index < -0.39 is 95.0 Å². The fourth-order valence-electron chi connectivity index (χ4n) is 11.3. The number of likely N-dealkylation sites (N-methyl/N-ethyl adjacent to an activating group) is 3. The van der Waals surface area contributed by atoms with Crippen LogP contribution in [0.25, 0.3) is 22.3 Å². The summed E-state index contributed by atoms with van der Waals surface area (Å²) >= 11 is 0. The standard InChI is InChI=1S/C61H91N15O13/c1-8-38-39-14-10-11-15-43(39)70-54-40(38)34-76-47(54)32-42-41(57(76)84)36-88-60(87)61(42,9-2)89-59(86)53(37(3)4)71-56(83)46-16-13-26-75(46)58(85)45(33-48(64)77)69-52(81)35-74(7)31-30-73(6)29-28-72(5)27-25-66-49(78)17-12-18-51(80)68-44(55(82)67-24-22-63)19-20-50(79)65-23-21-62/h10-11,14-15,32,37,44-46,53H,8-9,12-13,16-31,33-36,62-63H2,1-7H3,(H2,64,77)(H,65,79)(H,66,78)(H,67,82)(H,68,80)(H,69,81)(H,71,83)/t44-,45-,46-,53-,61-/m0/s1. The maximum absolute atomic E-state index is 14.5. The molecular formula is C61H91N15O13. The van der Waals surface area contributed by atoms with Crippen molar-refractivity contribution in [3.8, 4) is 11.4 Å². The highest BCUT2D eigenvalue weighted by atomic mass is 16.6. The van der Waals surface area contributed by atoms with Crippen LogP contribution in [0.4, 0.5) is 0 Å². The second-order valence-corrected chi connectivity index (χ2v) is 23.4. The molecule has 12 N–H and O–H groups in total. The van der Waals surface area contributed by atoms with Crippen molar-refractivity contribution < 1.29 is 57.4 Å². The number of likely N-dealkylation sites (tertiary alicyclic amines) is 1. The highest BCUT2D eigenvalue weighted by molar-refractivity contribution is 5.97. The number of benzene rings is 1. The number of aryl methyl sites for hydroxylation is 1. The smallest absolute Gasteiger partial charge is 0.355 e. The zero-order chi connectivity index (χ0) is 65.1. The van der Waals surface area contributed by atoms with Gasteiger partial charge in [-0.1, -0.05) is 45.9 Å². The molecule has 1 fully saturated rings. The summed E-state index contributed by atoms with van der Waals surface area (Å²) < 4.78 is 13.4. The van der Waals surface area contributed by atoms with E-state index in [1.165, 1.54) is 4.90 Å².